The van der Waals surface area contributed by atoms with Gasteiger partial charge in [-0.25, -0.2) is 9.97 Å². The number of nitrogens with zero attached hydrogens (tertiary/aromatic N) is 5. The predicted octanol–water partition coefficient (Wildman–Crippen LogP) is 1.96. The van der Waals surface area contributed by atoms with E-state index in [1.807, 2.05) is 69.1 Å². The number of carbonyl (C=O) groups is 3. The highest BCUT2D eigenvalue weighted by atomic mass is 16.2. The van der Waals surface area contributed by atoms with E-state index in [0.29, 0.717) is 48.9 Å². The van der Waals surface area contributed by atoms with Crippen LogP contribution in [0.4, 0.5) is 17.3 Å². The van der Waals surface area contributed by atoms with Gasteiger partial charge in [-0.15, -0.1) is 0 Å². The van der Waals surface area contributed by atoms with Crippen molar-refractivity contribution in [3.05, 3.63) is 53.4 Å². The van der Waals surface area contributed by atoms with E-state index in [0.717, 1.165) is 12.1 Å². The van der Waals surface area contributed by atoms with Crippen LogP contribution in [-0.2, 0) is 22.4 Å². The summed E-state index contributed by atoms with van der Waals surface area (Å²) in [5.74, 6) is -0.128. The number of hydrogen-bond acceptors (Lipinski definition) is 8. The van der Waals surface area contributed by atoms with Crippen LogP contribution >= 0.6 is 0 Å². The van der Waals surface area contributed by atoms with Gasteiger partial charge in [0.15, 0.2) is 17.3 Å². The predicted molar refractivity (Wildman–Crippen MR) is 155 cm³/mol. The van der Waals surface area contributed by atoms with Gasteiger partial charge in [0.25, 0.3) is 5.91 Å². The lowest BCUT2D eigenvalue weighted by Gasteiger charge is -2.23. The Labute approximate surface area is 231 Å². The highest BCUT2D eigenvalue weighted by Gasteiger charge is 2.21. The van der Waals surface area contributed by atoms with Crippen LogP contribution in [0.5, 0.6) is 0 Å². The minimum absolute atomic E-state index is 0.0852. The third kappa shape index (κ3) is 9.06. The molecular weight excluding hydrogens is 496 g/mol. The second-order valence-electron chi connectivity index (χ2n) is 9.58. The van der Waals surface area contributed by atoms with Crippen LogP contribution in [0.25, 0.3) is 0 Å². The average molecular weight is 539 g/mol. The molecule has 0 bridgehead atoms. The molecule has 1 unspecified atom stereocenters. The topological polar surface area (TPSA) is 137 Å². The summed E-state index contributed by atoms with van der Waals surface area (Å²) >= 11 is 0. The number of rotatable bonds is 14. The van der Waals surface area contributed by atoms with Crippen LogP contribution in [-0.4, -0.2) is 91.4 Å². The number of amides is 3. The largest absolute Gasteiger partial charge is 0.364 e. The lowest BCUT2D eigenvalue weighted by Crippen LogP contribution is -2.45. The van der Waals surface area contributed by atoms with Crippen molar-refractivity contribution in [3.8, 4) is 0 Å². The summed E-state index contributed by atoms with van der Waals surface area (Å²) in [7, 11) is 7.36. The van der Waals surface area contributed by atoms with Crippen molar-refractivity contribution in [1.29, 1.82) is 0 Å². The van der Waals surface area contributed by atoms with Crippen LogP contribution in [0.2, 0.25) is 0 Å². The summed E-state index contributed by atoms with van der Waals surface area (Å²) in [4.78, 5) is 51.6. The minimum atomic E-state index is -0.657. The van der Waals surface area contributed by atoms with E-state index in [4.69, 9.17) is 5.73 Å². The van der Waals surface area contributed by atoms with Gasteiger partial charge in [0.05, 0.1) is 5.69 Å². The Kier molecular flexibility index (Phi) is 11.9. The molecule has 2 rings (SSSR count). The average Bonchev–Trinajstić information content (AvgIpc) is 2.91. The first-order valence-electron chi connectivity index (χ1n) is 13.1. The zero-order valence-electron chi connectivity index (χ0n) is 24.1. The molecule has 1 atom stereocenters. The molecule has 0 saturated heterocycles. The third-order valence-electron chi connectivity index (χ3n) is 6.29. The summed E-state index contributed by atoms with van der Waals surface area (Å²) in [5.41, 5.74) is 8.08. The second-order valence-corrected chi connectivity index (χ2v) is 9.58. The normalized spacial score (nSPS) is 11.9. The lowest BCUT2D eigenvalue weighted by atomic mass is 10.1. The molecular formula is C28H42N8O3. The Morgan fingerprint density at radius 1 is 1.10 bits per heavy atom. The Morgan fingerprint density at radius 3 is 2.44 bits per heavy atom. The fourth-order valence-electron chi connectivity index (χ4n) is 3.68. The number of carbonyl (C=O) groups excluding carboxylic acids is 3. The SMILES string of the molecule is CCc1nc(C(N)=O)c(Nc2cccc(CCNC(=O)C(C)N(C)C(=O)C=CCN(C)C)c2)nc1N(C)CC. The summed E-state index contributed by atoms with van der Waals surface area (Å²) in [6, 6.07) is 7.00. The molecule has 11 heteroatoms. The molecule has 0 spiro atoms. The van der Waals surface area contributed by atoms with Crippen molar-refractivity contribution < 1.29 is 14.4 Å². The molecule has 39 heavy (non-hydrogen) atoms. The lowest BCUT2D eigenvalue weighted by molar-refractivity contribution is -0.135. The zero-order chi connectivity index (χ0) is 29.1. The molecule has 4 N–H and O–H groups in total. The molecule has 1 aromatic heterocycles. The first-order chi connectivity index (χ1) is 18.5. The number of aromatic nitrogens is 2. The molecule has 0 saturated carbocycles. The molecule has 0 fully saturated rings. The zero-order valence-corrected chi connectivity index (χ0v) is 24.1. The van der Waals surface area contributed by atoms with Gasteiger partial charge in [-0.1, -0.05) is 25.1 Å². The van der Waals surface area contributed by atoms with Crippen molar-refractivity contribution in [3.63, 3.8) is 0 Å². The smallest absolute Gasteiger partial charge is 0.271 e. The van der Waals surface area contributed by atoms with Crippen molar-refractivity contribution in [1.82, 2.24) is 25.1 Å². The Hall–Kier alpha value is -3.99. The van der Waals surface area contributed by atoms with Gasteiger partial charge in [0.2, 0.25) is 11.8 Å². The summed E-state index contributed by atoms with van der Waals surface area (Å²) in [6.07, 6.45) is 4.43. The Balaban J connectivity index is 2.06. The third-order valence-corrected chi connectivity index (χ3v) is 6.29. The quantitative estimate of drug-likeness (QED) is 0.311. The molecule has 1 heterocycles. The molecule has 2 aromatic rings. The number of aryl methyl sites for hydroxylation is 1. The number of likely N-dealkylation sites (N-methyl/N-ethyl adjacent to an activating group) is 2. The fraction of sp³-hybridized carbons (Fsp3) is 0.464. The monoisotopic (exact) mass is 538 g/mol. The van der Waals surface area contributed by atoms with Gasteiger partial charge in [0, 0.05) is 45.5 Å². The molecule has 3 amide bonds. The van der Waals surface area contributed by atoms with Gasteiger partial charge in [-0.05, 0) is 58.5 Å². The Morgan fingerprint density at radius 2 is 1.82 bits per heavy atom. The van der Waals surface area contributed by atoms with Crippen molar-refractivity contribution >= 4 is 35.0 Å². The fourth-order valence-corrected chi connectivity index (χ4v) is 3.68. The van der Waals surface area contributed by atoms with E-state index >= 15 is 0 Å². The van der Waals surface area contributed by atoms with E-state index in [1.165, 1.54) is 11.0 Å². The molecule has 11 nitrogen and oxygen atoms in total. The van der Waals surface area contributed by atoms with Crippen LogP contribution in [0.3, 0.4) is 0 Å². The molecule has 1 aromatic carbocycles. The summed E-state index contributed by atoms with van der Waals surface area (Å²) in [5, 5.41) is 6.09. The number of primary amides is 1. The molecule has 0 radical (unpaired) electrons. The van der Waals surface area contributed by atoms with E-state index in [2.05, 4.69) is 20.6 Å². The maximum atomic E-state index is 12.6. The maximum absolute atomic E-state index is 12.6. The number of nitrogens with one attached hydrogen (secondary N) is 2. The van der Waals surface area contributed by atoms with E-state index in [-0.39, 0.29) is 17.5 Å². The first-order valence-corrected chi connectivity index (χ1v) is 13.1. The minimum Gasteiger partial charge on any atom is -0.364 e. The van der Waals surface area contributed by atoms with Crippen LogP contribution in [0, 0.1) is 0 Å². The number of anilines is 3. The molecule has 0 aliphatic carbocycles. The first kappa shape index (κ1) is 31.2. The standard InChI is InChI=1S/C28H42N8O3/c1-8-22-27(35(6)9-2)33-26(24(32-22)25(29)38)31-21-13-10-12-20(18-21)15-16-30-28(39)19(3)36(7)23(37)14-11-17-34(4)5/h10-14,18-19H,8-9,15-17H2,1-7H3,(H2,29,38)(H,30,39)(H,31,33). The highest BCUT2D eigenvalue weighted by molar-refractivity contribution is 5.96. The van der Waals surface area contributed by atoms with Crippen LogP contribution in [0.1, 0.15) is 42.5 Å². The maximum Gasteiger partial charge on any atom is 0.271 e. The number of benzene rings is 1. The van der Waals surface area contributed by atoms with E-state index in [1.54, 1.807) is 20.0 Å². The van der Waals surface area contributed by atoms with E-state index in [9.17, 15) is 14.4 Å². The number of nitrogens with two attached hydrogens (primary N) is 1. The van der Waals surface area contributed by atoms with Gasteiger partial charge < -0.3 is 31.1 Å². The van der Waals surface area contributed by atoms with E-state index < -0.39 is 11.9 Å². The van der Waals surface area contributed by atoms with Gasteiger partial charge in [0.1, 0.15) is 6.04 Å². The van der Waals surface area contributed by atoms with Crippen molar-refractivity contribution in [2.24, 2.45) is 5.73 Å². The molecule has 0 aliphatic heterocycles. The van der Waals surface area contributed by atoms with Crippen molar-refractivity contribution in [2.45, 2.75) is 39.7 Å². The summed E-state index contributed by atoms with van der Waals surface area (Å²) < 4.78 is 0. The second kappa shape index (κ2) is 14.8. The van der Waals surface area contributed by atoms with Crippen molar-refractivity contribution in [2.75, 3.05) is 58.0 Å². The number of hydrogen-bond donors (Lipinski definition) is 3. The van der Waals surface area contributed by atoms with Gasteiger partial charge >= 0.3 is 0 Å². The summed E-state index contributed by atoms with van der Waals surface area (Å²) in [6.45, 7) is 7.44. The van der Waals surface area contributed by atoms with Crippen LogP contribution in [0.15, 0.2) is 36.4 Å². The van der Waals surface area contributed by atoms with Gasteiger partial charge in [-0.2, -0.15) is 0 Å². The van der Waals surface area contributed by atoms with Gasteiger partial charge in [-0.3, -0.25) is 14.4 Å². The Bertz CT molecular complexity index is 1180. The highest BCUT2D eigenvalue weighted by Crippen LogP contribution is 2.24. The molecule has 212 valence electrons. The van der Waals surface area contributed by atoms with Crippen LogP contribution < -0.4 is 21.3 Å². The molecule has 0 aliphatic rings.